The first-order valence-corrected chi connectivity index (χ1v) is 17.6. The van der Waals surface area contributed by atoms with Crippen LogP contribution in [0.5, 0.6) is 0 Å². The minimum absolute atomic E-state index is 0.0710. The van der Waals surface area contributed by atoms with Gasteiger partial charge < -0.3 is 48.6 Å². The molecular formula is C42H46N6O8-2. The quantitative estimate of drug-likeness (QED) is 0.219. The number of benzene rings is 2. The van der Waals surface area contributed by atoms with E-state index < -0.39 is 24.1 Å². The van der Waals surface area contributed by atoms with Crippen molar-refractivity contribution in [2.75, 3.05) is 28.2 Å². The van der Waals surface area contributed by atoms with Crippen molar-refractivity contribution in [3.8, 4) is 22.5 Å². The molecule has 4 heterocycles. The van der Waals surface area contributed by atoms with Gasteiger partial charge in [0.15, 0.2) is 0 Å². The molecule has 0 spiro atoms. The van der Waals surface area contributed by atoms with Gasteiger partial charge >= 0.3 is 0 Å². The lowest BCUT2D eigenvalue weighted by molar-refractivity contribution is -0.333. The van der Waals surface area contributed by atoms with E-state index in [-0.39, 0.29) is 11.8 Å². The van der Waals surface area contributed by atoms with Gasteiger partial charge in [-0.3, -0.25) is 9.59 Å². The summed E-state index contributed by atoms with van der Waals surface area (Å²) in [5, 5.41) is 35.7. The molecule has 2 amide bonds. The van der Waals surface area contributed by atoms with Gasteiger partial charge in [-0.1, -0.05) is 71.8 Å². The summed E-state index contributed by atoms with van der Waals surface area (Å²) >= 11 is 0. The number of aromatic nitrogens is 4. The molecule has 0 fully saturated rings. The number of rotatable bonds is 9. The molecule has 6 rings (SSSR count). The molecule has 14 heteroatoms. The summed E-state index contributed by atoms with van der Waals surface area (Å²) in [6, 6.07) is 24.6. The Morgan fingerprint density at radius 2 is 0.857 bits per heavy atom. The van der Waals surface area contributed by atoms with Crippen LogP contribution in [-0.4, -0.2) is 103 Å². The molecule has 2 aromatic carbocycles. The van der Waals surface area contributed by atoms with Crippen LogP contribution in [0.15, 0.2) is 85.2 Å². The summed E-state index contributed by atoms with van der Waals surface area (Å²) in [5.74, 6) is -3.98. The number of carboxylic acids is 2. The fourth-order valence-electron chi connectivity index (χ4n) is 5.48. The first-order valence-electron chi connectivity index (χ1n) is 17.6. The Bertz CT molecular complexity index is 2180. The van der Waals surface area contributed by atoms with E-state index in [0.29, 0.717) is 12.8 Å². The molecule has 14 nitrogen and oxygen atoms in total. The summed E-state index contributed by atoms with van der Waals surface area (Å²) in [5.41, 5.74) is 12.2. The standard InChI is InChI=1S/2C19H21N3O.C4H6O6/c2*1-13-5-8-15(9-6-13)19-16(11-18(23)21(3)4)22-12-14(2)7-10-17(22)20-19;5-1(3(7)8)2(6)4(9)10/h2*5-10,12H,11H2,1-4H3;1-2,5-6H,(H,7,8)(H,9,10)/p-2/t;;1-,2-/m..1/s1. The minimum atomic E-state index is -2.44. The Balaban J connectivity index is 0.000000202. The molecule has 0 saturated carbocycles. The number of fused-ring (bicyclic) bond motifs is 2. The van der Waals surface area contributed by atoms with E-state index in [1.54, 1.807) is 38.0 Å². The molecule has 6 aromatic rings. The molecule has 0 unspecified atom stereocenters. The van der Waals surface area contributed by atoms with Gasteiger partial charge in [0.25, 0.3) is 0 Å². The number of aliphatic hydroxyl groups excluding tert-OH is 2. The summed E-state index contributed by atoms with van der Waals surface area (Å²) in [4.78, 5) is 56.5. The van der Waals surface area contributed by atoms with Gasteiger partial charge in [-0.05, 0) is 51.0 Å². The molecule has 0 radical (unpaired) electrons. The van der Waals surface area contributed by atoms with Crippen molar-refractivity contribution in [1.82, 2.24) is 28.6 Å². The molecule has 4 aromatic heterocycles. The number of carbonyl (C=O) groups excluding carboxylic acids is 4. The van der Waals surface area contributed by atoms with Gasteiger partial charge in [0, 0.05) is 51.7 Å². The van der Waals surface area contributed by atoms with Crippen molar-refractivity contribution in [2.45, 2.75) is 52.7 Å². The maximum absolute atomic E-state index is 12.3. The van der Waals surface area contributed by atoms with Crippen LogP contribution in [0.3, 0.4) is 0 Å². The van der Waals surface area contributed by atoms with Crippen molar-refractivity contribution >= 4 is 35.0 Å². The zero-order valence-corrected chi connectivity index (χ0v) is 32.7. The lowest BCUT2D eigenvalue weighted by Crippen LogP contribution is -2.51. The van der Waals surface area contributed by atoms with E-state index in [1.807, 2.05) is 59.3 Å². The molecule has 56 heavy (non-hydrogen) atoms. The van der Waals surface area contributed by atoms with Gasteiger partial charge in [0.2, 0.25) is 11.8 Å². The van der Waals surface area contributed by atoms with E-state index in [1.165, 1.54) is 11.1 Å². The number of aryl methyl sites for hydroxylation is 4. The number of carbonyl (C=O) groups is 4. The average Bonchev–Trinajstić information content (AvgIpc) is 3.69. The first kappa shape index (κ1) is 42.4. The first-order chi connectivity index (χ1) is 26.4. The SMILES string of the molecule is Cc1ccc(-c2nc3ccc(C)cn3c2CC(=O)N(C)C)cc1.Cc1ccc(-c2nc3ccc(C)cn3c2CC(=O)N(C)C)cc1.O=C([O-])[C@H](O)[C@@H](O)C(=O)[O-]. The molecule has 294 valence electrons. The molecule has 2 atom stereocenters. The lowest BCUT2D eigenvalue weighted by atomic mass is 10.1. The Morgan fingerprint density at radius 3 is 1.14 bits per heavy atom. The number of aliphatic carboxylic acids is 2. The number of pyridine rings is 2. The summed E-state index contributed by atoms with van der Waals surface area (Å²) < 4.78 is 4.07. The van der Waals surface area contributed by atoms with Crippen molar-refractivity contribution in [1.29, 1.82) is 0 Å². The predicted molar refractivity (Wildman–Crippen MR) is 207 cm³/mol. The highest BCUT2D eigenvalue weighted by Crippen LogP contribution is 2.27. The van der Waals surface area contributed by atoms with Crippen molar-refractivity contribution in [2.24, 2.45) is 0 Å². The summed E-state index contributed by atoms with van der Waals surface area (Å²) in [6.07, 6.45) is -0.131. The average molecular weight is 763 g/mol. The predicted octanol–water partition coefficient (Wildman–Crippen LogP) is 1.71. The van der Waals surface area contributed by atoms with Gasteiger partial charge in [0.05, 0.1) is 47.6 Å². The third-order valence-electron chi connectivity index (χ3n) is 8.80. The molecule has 0 saturated heterocycles. The van der Waals surface area contributed by atoms with Crippen molar-refractivity contribution < 1.29 is 39.6 Å². The number of amides is 2. The number of hydrogen-bond donors (Lipinski definition) is 2. The Labute approximate surface area is 324 Å². The van der Waals surface area contributed by atoms with Crippen LogP contribution >= 0.6 is 0 Å². The highest BCUT2D eigenvalue weighted by Gasteiger charge is 2.20. The second-order valence-electron chi connectivity index (χ2n) is 13.9. The number of aliphatic hydroxyl groups is 2. The van der Waals surface area contributed by atoms with E-state index in [2.05, 4.69) is 62.4 Å². The molecule has 0 aliphatic heterocycles. The van der Waals surface area contributed by atoms with E-state index >= 15 is 0 Å². The third kappa shape index (κ3) is 10.4. The van der Waals surface area contributed by atoms with E-state index in [0.717, 1.165) is 56.3 Å². The number of likely N-dealkylation sites (N-methyl/N-ethyl adjacent to an activating group) is 2. The fourth-order valence-corrected chi connectivity index (χ4v) is 5.48. The number of carboxylic acid groups (broad SMARTS) is 2. The Hall–Kier alpha value is -6.38. The largest absolute Gasteiger partial charge is 0.547 e. The maximum atomic E-state index is 12.3. The molecular weight excluding hydrogens is 716 g/mol. The third-order valence-corrected chi connectivity index (χ3v) is 8.80. The van der Waals surface area contributed by atoms with Gasteiger partial charge in [-0.25, -0.2) is 9.97 Å². The van der Waals surface area contributed by atoms with Crippen LogP contribution in [0.4, 0.5) is 0 Å². The second-order valence-corrected chi connectivity index (χ2v) is 13.9. The van der Waals surface area contributed by atoms with Crippen molar-refractivity contribution in [3.63, 3.8) is 0 Å². The summed E-state index contributed by atoms with van der Waals surface area (Å²) in [7, 11) is 7.12. The monoisotopic (exact) mass is 762 g/mol. The second kappa shape index (κ2) is 18.3. The molecule has 0 aliphatic carbocycles. The van der Waals surface area contributed by atoms with Crippen LogP contribution in [0.2, 0.25) is 0 Å². The number of imidazole rings is 2. The Morgan fingerprint density at radius 1 is 0.554 bits per heavy atom. The topological polar surface area (TPSA) is 196 Å². The van der Waals surface area contributed by atoms with E-state index in [9.17, 15) is 29.4 Å². The number of hydrogen-bond acceptors (Lipinski definition) is 10. The minimum Gasteiger partial charge on any atom is -0.547 e. The fraction of sp³-hybridized carbons (Fsp3) is 0.286. The molecule has 0 bridgehead atoms. The maximum Gasteiger partial charge on any atom is 0.228 e. The molecule has 0 aliphatic rings. The number of nitrogens with zero attached hydrogens (tertiary/aromatic N) is 6. The summed E-state index contributed by atoms with van der Waals surface area (Å²) in [6.45, 7) is 8.21. The highest BCUT2D eigenvalue weighted by molar-refractivity contribution is 5.83. The van der Waals surface area contributed by atoms with Crippen LogP contribution < -0.4 is 10.2 Å². The normalized spacial score (nSPS) is 11.8. The highest BCUT2D eigenvalue weighted by atomic mass is 16.4. The zero-order chi connectivity index (χ0) is 41.4. The zero-order valence-electron chi connectivity index (χ0n) is 32.7. The van der Waals surface area contributed by atoms with Gasteiger partial charge in [-0.2, -0.15) is 0 Å². The smallest absolute Gasteiger partial charge is 0.228 e. The van der Waals surface area contributed by atoms with Crippen molar-refractivity contribution in [3.05, 3.63) is 119 Å². The van der Waals surface area contributed by atoms with Crippen LogP contribution in [0, 0.1) is 27.7 Å². The Kier molecular flexibility index (Phi) is 13.8. The van der Waals surface area contributed by atoms with Crippen LogP contribution in [0.25, 0.3) is 33.8 Å². The van der Waals surface area contributed by atoms with Crippen LogP contribution in [-0.2, 0) is 32.0 Å². The van der Waals surface area contributed by atoms with E-state index in [4.69, 9.17) is 20.2 Å². The van der Waals surface area contributed by atoms with Gasteiger partial charge in [0.1, 0.15) is 23.5 Å². The van der Waals surface area contributed by atoms with Gasteiger partial charge in [-0.15, -0.1) is 0 Å². The van der Waals surface area contributed by atoms with Crippen LogP contribution in [0.1, 0.15) is 33.6 Å². The lowest BCUT2D eigenvalue weighted by Gasteiger charge is -2.18. The molecule has 2 N–H and O–H groups in total.